The summed E-state index contributed by atoms with van der Waals surface area (Å²) in [6.45, 7) is 2.27. The number of carbonyl (C=O) groups is 5. The molecule has 0 spiro atoms. The Balaban J connectivity index is 1.17. The Morgan fingerprint density at radius 2 is 1.57 bits per heavy atom. The summed E-state index contributed by atoms with van der Waals surface area (Å²) in [5.74, 6) is -1.40. The van der Waals surface area contributed by atoms with Crippen LogP contribution in [-0.2, 0) is 30.5 Å². The molecule has 2 aromatic carbocycles. The summed E-state index contributed by atoms with van der Waals surface area (Å²) in [5.41, 5.74) is 1.34. The third-order valence-corrected chi connectivity index (χ3v) is 8.30. The zero-order chi connectivity index (χ0) is 31.3. The Morgan fingerprint density at radius 3 is 2.25 bits per heavy atom. The number of amides is 4. The quantitative estimate of drug-likeness (QED) is 0.376. The van der Waals surface area contributed by atoms with E-state index in [1.165, 1.54) is 7.11 Å². The highest BCUT2D eigenvalue weighted by molar-refractivity contribution is 5.97. The molecule has 0 aromatic heterocycles. The fourth-order valence-electron chi connectivity index (χ4n) is 5.63. The van der Waals surface area contributed by atoms with Gasteiger partial charge in [-0.1, -0.05) is 48.5 Å². The van der Waals surface area contributed by atoms with Crippen molar-refractivity contribution in [2.24, 2.45) is 11.8 Å². The summed E-state index contributed by atoms with van der Waals surface area (Å²) in [6.07, 6.45) is 3.81. The molecule has 0 radical (unpaired) electrons. The maximum atomic E-state index is 13.1. The first-order chi connectivity index (χ1) is 21.3. The van der Waals surface area contributed by atoms with E-state index in [9.17, 15) is 24.0 Å². The highest BCUT2D eigenvalue weighted by Crippen LogP contribution is 2.24. The maximum Gasteiger partial charge on any atom is 0.410 e. The molecule has 44 heavy (non-hydrogen) atoms. The molecule has 0 unspecified atom stereocenters. The molecular formula is C33H42N4O7. The lowest BCUT2D eigenvalue weighted by Crippen LogP contribution is -2.51. The zero-order valence-corrected chi connectivity index (χ0v) is 25.2. The van der Waals surface area contributed by atoms with Crippen molar-refractivity contribution in [2.45, 2.75) is 51.2 Å². The molecule has 2 saturated heterocycles. The highest BCUT2D eigenvalue weighted by atomic mass is 16.6. The second-order valence-corrected chi connectivity index (χ2v) is 11.3. The van der Waals surface area contributed by atoms with E-state index in [4.69, 9.17) is 9.47 Å². The monoisotopic (exact) mass is 606 g/mol. The summed E-state index contributed by atoms with van der Waals surface area (Å²) in [5, 5.41) is 5.38. The van der Waals surface area contributed by atoms with Crippen molar-refractivity contribution < 1.29 is 33.4 Å². The number of likely N-dealkylation sites (tertiary alicyclic amines) is 2. The Bertz CT molecular complexity index is 1270. The van der Waals surface area contributed by atoms with Crippen LogP contribution in [0.1, 0.15) is 54.4 Å². The second kappa shape index (κ2) is 16.4. The maximum absolute atomic E-state index is 13.1. The number of piperidine rings is 2. The van der Waals surface area contributed by atoms with Gasteiger partial charge in [-0.15, -0.1) is 0 Å². The number of carbonyl (C=O) groups excluding carboxylic acids is 5. The molecule has 2 aromatic rings. The minimum Gasteiger partial charge on any atom is -0.467 e. The van der Waals surface area contributed by atoms with Gasteiger partial charge in [0.1, 0.15) is 12.6 Å². The van der Waals surface area contributed by atoms with Crippen molar-refractivity contribution in [3.05, 3.63) is 71.8 Å². The van der Waals surface area contributed by atoms with Crippen molar-refractivity contribution in [1.82, 2.24) is 20.4 Å². The average molecular weight is 607 g/mol. The normalized spacial score (nSPS) is 17.7. The van der Waals surface area contributed by atoms with Crippen molar-refractivity contribution >= 4 is 29.8 Å². The molecule has 0 saturated carbocycles. The minimum absolute atomic E-state index is 0.0229. The number of nitrogens with zero attached hydrogens (tertiary/aromatic N) is 2. The zero-order valence-electron chi connectivity index (χ0n) is 25.2. The van der Waals surface area contributed by atoms with Crippen molar-refractivity contribution in [1.29, 1.82) is 0 Å². The predicted octanol–water partition coefficient (Wildman–Crippen LogP) is 3.14. The van der Waals surface area contributed by atoms with E-state index in [-0.39, 0.29) is 31.1 Å². The third kappa shape index (κ3) is 9.55. The van der Waals surface area contributed by atoms with Gasteiger partial charge in [-0.3, -0.25) is 14.4 Å². The summed E-state index contributed by atoms with van der Waals surface area (Å²) < 4.78 is 10.3. The van der Waals surface area contributed by atoms with E-state index in [0.717, 1.165) is 24.8 Å². The van der Waals surface area contributed by atoms with Gasteiger partial charge in [0.15, 0.2) is 0 Å². The van der Waals surface area contributed by atoms with Gasteiger partial charge in [0, 0.05) is 44.7 Å². The number of hydrogen-bond donors (Lipinski definition) is 2. The van der Waals surface area contributed by atoms with Gasteiger partial charge in [-0.05, 0) is 55.7 Å². The number of benzene rings is 2. The van der Waals surface area contributed by atoms with Crippen LogP contribution in [0.2, 0.25) is 0 Å². The topological polar surface area (TPSA) is 134 Å². The van der Waals surface area contributed by atoms with E-state index in [2.05, 4.69) is 10.6 Å². The molecule has 2 N–H and O–H groups in total. The number of rotatable bonds is 11. The van der Waals surface area contributed by atoms with Crippen LogP contribution < -0.4 is 10.6 Å². The van der Waals surface area contributed by atoms with Gasteiger partial charge in [0.25, 0.3) is 5.91 Å². The van der Waals surface area contributed by atoms with E-state index in [1.54, 1.807) is 40.1 Å². The third-order valence-electron chi connectivity index (χ3n) is 8.30. The molecule has 11 heteroatoms. The van der Waals surface area contributed by atoms with Crippen LogP contribution in [0.25, 0.3) is 0 Å². The van der Waals surface area contributed by atoms with E-state index in [1.807, 2.05) is 30.3 Å². The summed E-state index contributed by atoms with van der Waals surface area (Å²) in [7, 11) is 1.22. The lowest BCUT2D eigenvalue weighted by atomic mass is 9.91. The van der Waals surface area contributed by atoms with Crippen LogP contribution in [0.5, 0.6) is 0 Å². The molecule has 0 bridgehead atoms. The number of methoxy groups -OCH3 is 1. The molecule has 2 heterocycles. The summed E-state index contributed by atoms with van der Waals surface area (Å²) >= 11 is 0. The molecule has 11 nitrogen and oxygen atoms in total. The van der Waals surface area contributed by atoms with Gasteiger partial charge in [-0.2, -0.15) is 0 Å². The first-order valence-electron chi connectivity index (χ1n) is 15.3. The predicted molar refractivity (Wildman–Crippen MR) is 162 cm³/mol. The van der Waals surface area contributed by atoms with Crippen molar-refractivity contribution in [2.75, 3.05) is 39.8 Å². The highest BCUT2D eigenvalue weighted by Gasteiger charge is 2.31. The van der Waals surface area contributed by atoms with E-state index >= 15 is 0 Å². The number of nitrogens with one attached hydrogen (secondary N) is 2. The van der Waals surface area contributed by atoms with Crippen LogP contribution in [0.4, 0.5) is 4.79 Å². The lowest BCUT2D eigenvalue weighted by molar-refractivity contribution is -0.142. The fraction of sp³-hybridized carbons (Fsp3) is 0.485. The van der Waals surface area contributed by atoms with Crippen LogP contribution in [0, 0.1) is 11.8 Å². The Labute approximate surface area is 258 Å². The second-order valence-electron chi connectivity index (χ2n) is 11.3. The van der Waals surface area contributed by atoms with Gasteiger partial charge in [-0.25, -0.2) is 9.59 Å². The standard InChI is InChI=1S/C33H42N4O7/c1-43-32(41)28(35-31(40)26-11-6-3-7-12-26)21-34-30(39)27-13-8-18-37(22-27)29(38)15-14-24-16-19-36(20-17-24)33(42)44-23-25-9-4-2-5-10-25/h2-7,9-12,24,27-28H,8,13-23H2,1H3,(H,34,39)(H,35,40)/t27-,28-/m1/s1. The Kier molecular flexibility index (Phi) is 12.1. The molecule has 2 fully saturated rings. The van der Waals surface area contributed by atoms with Crippen molar-refractivity contribution in [3.8, 4) is 0 Å². The number of ether oxygens (including phenoxy) is 2. The Morgan fingerprint density at radius 1 is 0.886 bits per heavy atom. The molecule has 2 atom stereocenters. The minimum atomic E-state index is -1.05. The van der Waals surface area contributed by atoms with E-state index in [0.29, 0.717) is 56.9 Å². The lowest BCUT2D eigenvalue weighted by Gasteiger charge is -2.34. The van der Waals surface area contributed by atoms with Gasteiger partial charge in [0.05, 0.1) is 13.0 Å². The van der Waals surface area contributed by atoms with Crippen LogP contribution in [0.15, 0.2) is 60.7 Å². The van der Waals surface area contributed by atoms with Gasteiger partial charge in [0.2, 0.25) is 11.8 Å². The van der Waals surface area contributed by atoms with Gasteiger partial charge < -0.3 is 29.9 Å². The van der Waals surface area contributed by atoms with Crippen LogP contribution in [0.3, 0.4) is 0 Å². The summed E-state index contributed by atoms with van der Waals surface area (Å²) in [6, 6.07) is 17.0. The molecular weight excluding hydrogens is 564 g/mol. The van der Waals surface area contributed by atoms with Crippen LogP contribution in [-0.4, -0.2) is 85.5 Å². The molecule has 2 aliphatic heterocycles. The molecule has 0 aliphatic carbocycles. The first-order valence-corrected chi connectivity index (χ1v) is 15.3. The molecule has 4 rings (SSSR count). The molecule has 2 aliphatic rings. The SMILES string of the molecule is COC(=O)[C@@H](CNC(=O)[C@@H]1CCCN(C(=O)CCC2CCN(C(=O)OCc3ccccc3)CC2)C1)NC(=O)c1ccccc1. The number of esters is 1. The fourth-order valence-corrected chi connectivity index (χ4v) is 5.63. The molecule has 4 amide bonds. The molecule has 236 valence electrons. The first kappa shape index (κ1) is 32.5. The van der Waals surface area contributed by atoms with E-state index < -0.39 is 23.8 Å². The smallest absolute Gasteiger partial charge is 0.410 e. The Hall–Kier alpha value is -4.41. The van der Waals surface area contributed by atoms with Crippen molar-refractivity contribution in [3.63, 3.8) is 0 Å². The summed E-state index contributed by atoms with van der Waals surface area (Å²) in [4.78, 5) is 66.8. The number of hydrogen-bond acceptors (Lipinski definition) is 7. The average Bonchev–Trinajstić information content (AvgIpc) is 3.08. The van der Waals surface area contributed by atoms with Crippen LogP contribution >= 0.6 is 0 Å². The van der Waals surface area contributed by atoms with Gasteiger partial charge >= 0.3 is 12.1 Å². The largest absolute Gasteiger partial charge is 0.467 e.